The summed E-state index contributed by atoms with van der Waals surface area (Å²) in [4.78, 5) is 4.85. The first-order chi connectivity index (χ1) is 9.92. The normalized spacial score (nSPS) is 10.3. The van der Waals surface area contributed by atoms with Crippen molar-refractivity contribution in [3.05, 3.63) is 46.6 Å². The molecule has 4 nitrogen and oxygen atoms in total. The van der Waals surface area contributed by atoms with Crippen LogP contribution >= 0.6 is 12.2 Å². The van der Waals surface area contributed by atoms with E-state index in [1.54, 1.807) is 7.11 Å². The molecule has 1 aromatic heterocycles. The van der Waals surface area contributed by atoms with Gasteiger partial charge in [0.1, 0.15) is 16.6 Å². The van der Waals surface area contributed by atoms with E-state index in [-0.39, 0.29) is 0 Å². The maximum Gasteiger partial charge on any atom is 0.142 e. The fourth-order valence-corrected chi connectivity index (χ4v) is 2.54. The molecule has 0 radical (unpaired) electrons. The topological polar surface area (TPSA) is 60.2 Å². The van der Waals surface area contributed by atoms with E-state index in [0.717, 1.165) is 33.8 Å². The molecule has 0 saturated carbocycles. The lowest BCUT2D eigenvalue weighted by Crippen LogP contribution is -2.15. The van der Waals surface area contributed by atoms with Gasteiger partial charge in [0, 0.05) is 5.69 Å². The highest BCUT2D eigenvalue weighted by Gasteiger charge is 2.13. The number of methoxy groups -OCH3 is 1. The van der Waals surface area contributed by atoms with Crippen molar-refractivity contribution in [2.75, 3.05) is 12.4 Å². The van der Waals surface area contributed by atoms with E-state index in [4.69, 9.17) is 22.7 Å². The summed E-state index contributed by atoms with van der Waals surface area (Å²) in [5.74, 6) is 1.40. The molecule has 0 amide bonds. The second-order valence-corrected chi connectivity index (χ2v) is 5.44. The molecule has 0 atom stereocenters. The van der Waals surface area contributed by atoms with Crippen molar-refractivity contribution in [3.8, 4) is 5.75 Å². The zero-order valence-corrected chi connectivity index (χ0v) is 13.5. The van der Waals surface area contributed by atoms with E-state index < -0.39 is 0 Å². The monoisotopic (exact) mass is 301 g/mol. The summed E-state index contributed by atoms with van der Waals surface area (Å²) in [7, 11) is 1.64. The van der Waals surface area contributed by atoms with Gasteiger partial charge >= 0.3 is 0 Å². The average molecular weight is 301 g/mol. The van der Waals surface area contributed by atoms with E-state index in [2.05, 4.69) is 10.3 Å². The van der Waals surface area contributed by atoms with Crippen molar-refractivity contribution in [2.24, 2.45) is 5.73 Å². The summed E-state index contributed by atoms with van der Waals surface area (Å²) < 4.78 is 5.38. The Balaban J connectivity index is 2.53. The van der Waals surface area contributed by atoms with Gasteiger partial charge in [-0.25, -0.2) is 4.98 Å². The fourth-order valence-electron chi connectivity index (χ4n) is 2.29. The lowest BCUT2D eigenvalue weighted by atomic mass is 10.1. The van der Waals surface area contributed by atoms with Crippen LogP contribution in [-0.4, -0.2) is 17.1 Å². The van der Waals surface area contributed by atoms with Crippen LogP contribution in [0.4, 0.5) is 11.5 Å². The molecule has 2 rings (SSSR count). The maximum absolute atomic E-state index is 5.84. The van der Waals surface area contributed by atoms with E-state index in [1.165, 1.54) is 0 Å². The van der Waals surface area contributed by atoms with Gasteiger partial charge in [-0.05, 0) is 50.1 Å². The Morgan fingerprint density at radius 3 is 2.57 bits per heavy atom. The van der Waals surface area contributed by atoms with Gasteiger partial charge in [0.25, 0.3) is 0 Å². The van der Waals surface area contributed by atoms with Crippen molar-refractivity contribution in [1.29, 1.82) is 0 Å². The summed E-state index contributed by atoms with van der Waals surface area (Å²) in [5.41, 5.74) is 10.5. The number of nitrogens with one attached hydrogen (secondary N) is 1. The SMILES string of the molecule is COc1ccc(C)cc1Nc1nc(C)cc(C)c1C(N)=S. The molecule has 2 aromatic rings. The smallest absolute Gasteiger partial charge is 0.142 e. The van der Waals surface area contributed by atoms with Gasteiger partial charge in [0.15, 0.2) is 0 Å². The molecule has 1 heterocycles. The Bertz CT molecular complexity index is 698. The van der Waals surface area contributed by atoms with Crippen LogP contribution in [0.15, 0.2) is 24.3 Å². The van der Waals surface area contributed by atoms with Gasteiger partial charge in [0.05, 0.1) is 18.4 Å². The molecule has 0 bridgehead atoms. The summed E-state index contributed by atoms with van der Waals surface area (Å²) >= 11 is 5.15. The molecule has 0 aliphatic heterocycles. The van der Waals surface area contributed by atoms with E-state index in [1.807, 2.05) is 45.0 Å². The first-order valence-electron chi connectivity index (χ1n) is 6.62. The highest BCUT2D eigenvalue weighted by atomic mass is 32.1. The Labute approximate surface area is 130 Å². The molecule has 1 aromatic carbocycles. The maximum atomic E-state index is 5.84. The Kier molecular flexibility index (Phi) is 4.43. The Hall–Kier alpha value is -2.14. The number of aromatic nitrogens is 1. The van der Waals surface area contributed by atoms with E-state index in [9.17, 15) is 0 Å². The number of hydrogen-bond acceptors (Lipinski definition) is 4. The number of nitrogens with two attached hydrogens (primary N) is 1. The van der Waals surface area contributed by atoms with Crippen LogP contribution in [0.3, 0.4) is 0 Å². The minimum atomic E-state index is 0.328. The number of ether oxygens (including phenoxy) is 1. The number of anilines is 2. The number of benzene rings is 1. The molecule has 3 N–H and O–H groups in total. The van der Waals surface area contributed by atoms with Gasteiger partial charge < -0.3 is 15.8 Å². The lowest BCUT2D eigenvalue weighted by Gasteiger charge is -2.16. The molecule has 21 heavy (non-hydrogen) atoms. The first-order valence-corrected chi connectivity index (χ1v) is 7.03. The van der Waals surface area contributed by atoms with Gasteiger partial charge in [-0.15, -0.1) is 0 Å². The Morgan fingerprint density at radius 1 is 1.24 bits per heavy atom. The van der Waals surface area contributed by atoms with Crippen LogP contribution < -0.4 is 15.8 Å². The summed E-state index contributed by atoms with van der Waals surface area (Å²) in [6, 6.07) is 7.88. The quantitative estimate of drug-likeness (QED) is 0.848. The number of thiocarbonyl (C=S) groups is 1. The molecule has 0 unspecified atom stereocenters. The van der Waals surface area contributed by atoms with Gasteiger partial charge in [-0.3, -0.25) is 0 Å². The highest BCUT2D eigenvalue weighted by molar-refractivity contribution is 7.80. The number of nitrogens with zero attached hydrogens (tertiary/aromatic N) is 1. The van der Waals surface area contributed by atoms with Gasteiger partial charge in [0.2, 0.25) is 0 Å². The predicted molar refractivity (Wildman–Crippen MR) is 90.6 cm³/mol. The van der Waals surface area contributed by atoms with E-state index in [0.29, 0.717) is 10.8 Å². The van der Waals surface area contributed by atoms with Gasteiger partial charge in [-0.2, -0.15) is 0 Å². The molecule has 0 spiro atoms. The van der Waals surface area contributed by atoms with Crippen molar-refractivity contribution < 1.29 is 4.74 Å². The number of rotatable bonds is 4. The third-order valence-corrected chi connectivity index (χ3v) is 3.40. The molecule has 5 heteroatoms. The summed E-state index contributed by atoms with van der Waals surface area (Å²) in [6.07, 6.45) is 0. The van der Waals surface area contributed by atoms with Crippen molar-refractivity contribution in [1.82, 2.24) is 4.98 Å². The molecule has 0 aliphatic carbocycles. The third-order valence-electron chi connectivity index (χ3n) is 3.20. The van der Waals surface area contributed by atoms with E-state index >= 15 is 0 Å². The number of pyridine rings is 1. The second-order valence-electron chi connectivity index (χ2n) is 5.00. The second kappa shape index (κ2) is 6.10. The summed E-state index contributed by atoms with van der Waals surface area (Å²) in [5, 5.41) is 3.29. The zero-order valence-electron chi connectivity index (χ0n) is 12.7. The molecule has 0 saturated heterocycles. The predicted octanol–water partition coefficient (Wildman–Crippen LogP) is 3.39. The minimum absolute atomic E-state index is 0.328. The average Bonchev–Trinajstić information content (AvgIpc) is 2.37. The van der Waals surface area contributed by atoms with Crippen LogP contribution in [0.1, 0.15) is 22.4 Å². The third kappa shape index (κ3) is 3.31. The van der Waals surface area contributed by atoms with Gasteiger partial charge in [-0.1, -0.05) is 18.3 Å². The van der Waals surface area contributed by atoms with Crippen molar-refractivity contribution in [3.63, 3.8) is 0 Å². The minimum Gasteiger partial charge on any atom is -0.495 e. The Morgan fingerprint density at radius 2 is 1.95 bits per heavy atom. The van der Waals surface area contributed by atoms with Crippen LogP contribution in [0.5, 0.6) is 5.75 Å². The number of hydrogen-bond donors (Lipinski definition) is 2. The lowest BCUT2D eigenvalue weighted by molar-refractivity contribution is 0.416. The highest BCUT2D eigenvalue weighted by Crippen LogP contribution is 2.30. The van der Waals surface area contributed by atoms with Crippen LogP contribution in [0.2, 0.25) is 0 Å². The standard InChI is InChI=1S/C16H19N3OS/c1-9-5-6-13(20-4)12(7-9)19-16-14(15(17)21)10(2)8-11(3)18-16/h5-8H,1-4H3,(H2,17,21)(H,18,19). The fraction of sp³-hybridized carbons (Fsp3) is 0.250. The van der Waals surface area contributed by atoms with Crippen LogP contribution in [0, 0.1) is 20.8 Å². The molecule has 0 fully saturated rings. The van der Waals surface area contributed by atoms with Crippen molar-refractivity contribution in [2.45, 2.75) is 20.8 Å². The first kappa shape index (κ1) is 15.3. The molecule has 0 aliphatic rings. The molecular weight excluding hydrogens is 282 g/mol. The largest absolute Gasteiger partial charge is 0.495 e. The number of aryl methyl sites for hydroxylation is 3. The van der Waals surface area contributed by atoms with Crippen LogP contribution in [0.25, 0.3) is 0 Å². The molecule has 110 valence electrons. The zero-order chi connectivity index (χ0) is 15.6. The molecular formula is C16H19N3OS. The van der Waals surface area contributed by atoms with Crippen LogP contribution in [-0.2, 0) is 0 Å². The summed E-state index contributed by atoms with van der Waals surface area (Å²) in [6.45, 7) is 5.94. The van der Waals surface area contributed by atoms with Crippen molar-refractivity contribution >= 4 is 28.7 Å².